The fourth-order valence-electron chi connectivity index (χ4n) is 9.78. The van der Waals surface area contributed by atoms with Gasteiger partial charge in [0.15, 0.2) is 17.3 Å². The number of carbonyl (C=O) groups excluding carboxylic acids is 5. The molecule has 5 aromatic rings. The number of imide groups is 2. The van der Waals surface area contributed by atoms with Crippen LogP contribution in [-0.2, 0) is 24.6 Å². The minimum atomic E-state index is -1.47. The fourth-order valence-corrected chi connectivity index (χ4v) is 9.78. The second-order valence-electron chi connectivity index (χ2n) is 15.3. The third-order valence-electron chi connectivity index (χ3n) is 12.4. The van der Waals surface area contributed by atoms with Crippen LogP contribution in [0.25, 0.3) is 0 Å². The summed E-state index contributed by atoms with van der Waals surface area (Å²) < 4.78 is 5.39. The maximum absolute atomic E-state index is 15.3. The highest BCUT2D eigenvalue weighted by atomic mass is 16.5. The van der Waals surface area contributed by atoms with E-state index in [0.29, 0.717) is 33.6 Å². The van der Waals surface area contributed by atoms with E-state index >= 15 is 4.79 Å². The van der Waals surface area contributed by atoms with Gasteiger partial charge in [0.25, 0.3) is 11.8 Å². The summed E-state index contributed by atoms with van der Waals surface area (Å²) >= 11 is 0. The highest BCUT2D eigenvalue weighted by Gasteiger charge is 2.70. The number of hydrogen-bond acceptors (Lipinski definition) is 8. The van der Waals surface area contributed by atoms with Gasteiger partial charge in [-0.1, -0.05) is 96.1 Å². The number of nitrogens with one attached hydrogen (secondary N) is 1. The van der Waals surface area contributed by atoms with Crippen molar-refractivity contribution >= 4 is 40.8 Å². The molecule has 6 unspecified atom stereocenters. The first-order chi connectivity index (χ1) is 27.6. The summed E-state index contributed by atoms with van der Waals surface area (Å²) in [4.78, 5) is 73.6. The van der Waals surface area contributed by atoms with Crippen LogP contribution in [0.1, 0.15) is 51.4 Å². The topological polar surface area (TPSA) is 133 Å². The zero-order valence-electron chi connectivity index (χ0n) is 31.3. The molecule has 10 heteroatoms. The second kappa shape index (κ2) is 13.7. The predicted octanol–water partition coefficient (Wildman–Crippen LogP) is 7.13. The van der Waals surface area contributed by atoms with Gasteiger partial charge in [-0.25, -0.2) is 0 Å². The average molecular weight is 758 g/mol. The zero-order valence-corrected chi connectivity index (χ0v) is 31.3. The van der Waals surface area contributed by atoms with Gasteiger partial charge < -0.3 is 9.84 Å². The highest BCUT2D eigenvalue weighted by Crippen LogP contribution is 2.64. The summed E-state index contributed by atoms with van der Waals surface area (Å²) in [5.41, 5.74) is 6.49. The minimum Gasteiger partial charge on any atom is -0.504 e. The summed E-state index contributed by atoms with van der Waals surface area (Å²) in [6.45, 7) is 1.95. The van der Waals surface area contributed by atoms with Gasteiger partial charge in [0, 0.05) is 17.0 Å². The summed E-state index contributed by atoms with van der Waals surface area (Å²) in [7, 11) is 1.45. The number of methoxy groups -OCH3 is 1. The van der Waals surface area contributed by atoms with E-state index in [0.717, 1.165) is 16.1 Å². The number of hydrogen-bond donors (Lipinski definition) is 2. The fraction of sp³-hybridized carbons (Fsp3) is 0.213. The van der Waals surface area contributed by atoms with E-state index in [2.05, 4.69) is 5.43 Å². The van der Waals surface area contributed by atoms with Gasteiger partial charge in [0.05, 0.1) is 41.7 Å². The van der Waals surface area contributed by atoms with E-state index in [1.54, 1.807) is 78.9 Å². The number of anilines is 2. The quantitative estimate of drug-likeness (QED) is 0.0971. The molecule has 4 aliphatic rings. The van der Waals surface area contributed by atoms with Crippen molar-refractivity contribution in [1.29, 1.82) is 0 Å². The van der Waals surface area contributed by atoms with Gasteiger partial charge in [-0.15, -0.1) is 0 Å². The third kappa shape index (κ3) is 5.50. The van der Waals surface area contributed by atoms with Crippen molar-refractivity contribution in [3.63, 3.8) is 0 Å². The molecule has 0 radical (unpaired) electrons. The maximum atomic E-state index is 15.3. The number of hydrazine groups is 1. The molecule has 9 rings (SSSR count). The van der Waals surface area contributed by atoms with Crippen molar-refractivity contribution in [1.82, 2.24) is 5.01 Å². The summed E-state index contributed by atoms with van der Waals surface area (Å²) in [5, 5.41) is 12.3. The summed E-state index contributed by atoms with van der Waals surface area (Å²) in [6, 6.07) is 37.0. The molecule has 5 aromatic carbocycles. The van der Waals surface area contributed by atoms with E-state index in [-0.39, 0.29) is 36.0 Å². The Balaban J connectivity index is 1.15. The molecule has 4 amide bonds. The normalized spacial score (nSPS) is 25.1. The number of amides is 4. The number of phenolic OH excluding ortho intramolecular Hbond substituents is 1. The first kappa shape index (κ1) is 35.9. The number of nitrogens with zero attached hydrogens (tertiary/aromatic N) is 2. The molecule has 2 saturated heterocycles. The molecule has 1 saturated carbocycles. The van der Waals surface area contributed by atoms with Gasteiger partial charge in [-0.2, -0.15) is 5.01 Å². The van der Waals surface area contributed by atoms with Gasteiger partial charge in [0.2, 0.25) is 11.8 Å². The van der Waals surface area contributed by atoms with Crippen LogP contribution in [0.15, 0.2) is 139 Å². The number of ether oxygens (including phenoxy) is 1. The smallest absolute Gasteiger partial charge is 0.260 e. The van der Waals surface area contributed by atoms with Crippen molar-refractivity contribution in [2.45, 2.75) is 31.1 Å². The molecule has 10 nitrogen and oxygen atoms in total. The predicted molar refractivity (Wildman–Crippen MR) is 212 cm³/mol. The van der Waals surface area contributed by atoms with E-state index in [9.17, 15) is 24.3 Å². The monoisotopic (exact) mass is 757 g/mol. The van der Waals surface area contributed by atoms with Crippen molar-refractivity contribution < 1.29 is 33.8 Å². The maximum Gasteiger partial charge on any atom is 0.260 e. The molecular weight excluding hydrogens is 719 g/mol. The van der Waals surface area contributed by atoms with Crippen LogP contribution in [0, 0.1) is 30.6 Å². The standard InChI is InChI=1S/C47H39N3O7/c1-27-13-18-32(19-14-27)48-50-44(54)37-26-36-34(41(30-17-24-39(57-2)38(51)25-30)47(37,46(50)56)31-11-7-4-8-12-31)22-23-35-40(36)45(55)49(43(35)53)33-20-15-29(16-21-33)42(52)28-9-5-3-6-10-28/h3-22,24-25,35-37,40-41,48,51H,23,26H2,1-2H3. The molecular formula is C47H39N3O7. The molecule has 2 aliphatic heterocycles. The van der Waals surface area contributed by atoms with E-state index in [1.807, 2.05) is 61.5 Å². The number of phenols is 1. The number of rotatable bonds is 8. The molecule has 0 spiro atoms. The van der Waals surface area contributed by atoms with Crippen LogP contribution in [0.5, 0.6) is 11.5 Å². The number of allylic oxidation sites excluding steroid dienone is 2. The molecule has 3 fully saturated rings. The lowest BCUT2D eigenvalue weighted by Crippen LogP contribution is -2.53. The number of aromatic hydroxyl groups is 1. The molecule has 284 valence electrons. The number of fused-ring (bicyclic) bond motifs is 4. The van der Waals surface area contributed by atoms with Gasteiger partial charge in [-0.3, -0.25) is 34.3 Å². The molecule has 6 atom stereocenters. The Morgan fingerprint density at radius 1 is 0.772 bits per heavy atom. The number of aryl methyl sites for hydroxylation is 1. The lowest BCUT2D eigenvalue weighted by atomic mass is 9.49. The summed E-state index contributed by atoms with van der Waals surface area (Å²) in [6.07, 6.45) is 2.35. The SMILES string of the molecule is COc1ccc(C2C3=CCC4C(=O)N(c5ccc(C(=O)c6ccccc6)cc5)C(=O)C4C3CC3C(=O)N(Nc4ccc(C)cc4)C(=O)C32c2ccccc2)cc1O. The second-order valence-corrected chi connectivity index (χ2v) is 15.3. The number of benzene rings is 5. The Labute approximate surface area is 329 Å². The molecule has 2 aliphatic carbocycles. The Hall–Kier alpha value is -6.81. The highest BCUT2D eigenvalue weighted by molar-refractivity contribution is 6.23. The third-order valence-corrected chi connectivity index (χ3v) is 12.4. The van der Waals surface area contributed by atoms with Gasteiger partial charge in [0.1, 0.15) is 0 Å². The van der Waals surface area contributed by atoms with Gasteiger partial charge in [-0.05, 0) is 85.3 Å². The van der Waals surface area contributed by atoms with Crippen LogP contribution in [-0.4, -0.2) is 46.6 Å². The van der Waals surface area contributed by atoms with Crippen molar-refractivity contribution in [3.8, 4) is 11.5 Å². The first-order valence-corrected chi connectivity index (χ1v) is 19.0. The molecule has 57 heavy (non-hydrogen) atoms. The minimum absolute atomic E-state index is 0.133. The van der Waals surface area contributed by atoms with E-state index < -0.39 is 52.7 Å². The van der Waals surface area contributed by atoms with Crippen LogP contribution >= 0.6 is 0 Å². The van der Waals surface area contributed by atoms with Crippen LogP contribution < -0.4 is 15.1 Å². The molecule has 0 bridgehead atoms. The summed E-state index contributed by atoms with van der Waals surface area (Å²) in [5.74, 6) is -5.54. The molecule has 2 N–H and O–H groups in total. The molecule has 2 heterocycles. The van der Waals surface area contributed by atoms with E-state index in [4.69, 9.17) is 4.74 Å². The Bertz CT molecular complexity index is 2480. The van der Waals surface area contributed by atoms with Crippen LogP contribution in [0.3, 0.4) is 0 Å². The number of ketones is 1. The Morgan fingerprint density at radius 2 is 1.44 bits per heavy atom. The Kier molecular flexibility index (Phi) is 8.64. The first-order valence-electron chi connectivity index (χ1n) is 19.0. The van der Waals surface area contributed by atoms with Crippen molar-refractivity contribution in [3.05, 3.63) is 167 Å². The lowest BCUT2D eigenvalue weighted by Gasteiger charge is -2.50. The van der Waals surface area contributed by atoms with Crippen LogP contribution in [0.4, 0.5) is 11.4 Å². The Morgan fingerprint density at radius 3 is 2.11 bits per heavy atom. The van der Waals surface area contributed by atoms with E-state index in [1.165, 1.54) is 12.0 Å². The average Bonchev–Trinajstić information content (AvgIpc) is 3.62. The van der Waals surface area contributed by atoms with Gasteiger partial charge >= 0.3 is 0 Å². The number of carbonyl (C=O) groups is 5. The van der Waals surface area contributed by atoms with Crippen molar-refractivity contribution in [2.24, 2.45) is 23.7 Å². The van der Waals surface area contributed by atoms with Crippen molar-refractivity contribution in [2.75, 3.05) is 17.4 Å². The molecule has 0 aromatic heterocycles. The zero-order chi connectivity index (χ0) is 39.6. The largest absolute Gasteiger partial charge is 0.504 e. The van der Waals surface area contributed by atoms with Crippen LogP contribution in [0.2, 0.25) is 0 Å². The lowest BCUT2D eigenvalue weighted by molar-refractivity contribution is -0.138.